The number of halogens is 2. The number of hydrogen-bond acceptors (Lipinski definition) is 1. The standard InChI is InChI=1S/C12H14F2N2/c1-7-5-9-11(16(7)4-3-15)6-10(13)8(2)12(9)14/h5-6H,3-4,15H2,1-2H3. The minimum atomic E-state index is -0.513. The van der Waals surface area contributed by atoms with Gasteiger partial charge in [0.1, 0.15) is 11.6 Å². The molecule has 0 unspecified atom stereocenters. The van der Waals surface area contributed by atoms with Gasteiger partial charge in [0.2, 0.25) is 0 Å². The highest BCUT2D eigenvalue weighted by Crippen LogP contribution is 2.26. The highest BCUT2D eigenvalue weighted by atomic mass is 19.1. The van der Waals surface area contributed by atoms with Crippen molar-refractivity contribution in [1.82, 2.24) is 4.57 Å². The summed E-state index contributed by atoms with van der Waals surface area (Å²) in [5.74, 6) is -0.991. The van der Waals surface area contributed by atoms with Crippen LogP contribution in [0.5, 0.6) is 0 Å². The van der Waals surface area contributed by atoms with Gasteiger partial charge in [-0.25, -0.2) is 8.78 Å². The number of hydrogen-bond donors (Lipinski definition) is 1. The summed E-state index contributed by atoms with van der Waals surface area (Å²) in [6.45, 7) is 4.32. The molecule has 0 saturated heterocycles. The average molecular weight is 224 g/mol. The molecule has 0 spiro atoms. The van der Waals surface area contributed by atoms with E-state index in [0.717, 1.165) is 5.69 Å². The van der Waals surface area contributed by atoms with Gasteiger partial charge in [0.25, 0.3) is 0 Å². The molecule has 0 aliphatic rings. The fourth-order valence-corrected chi connectivity index (χ4v) is 1.99. The van der Waals surface area contributed by atoms with Crippen LogP contribution in [0.2, 0.25) is 0 Å². The monoisotopic (exact) mass is 224 g/mol. The van der Waals surface area contributed by atoms with E-state index in [1.165, 1.54) is 13.0 Å². The van der Waals surface area contributed by atoms with Crippen LogP contribution in [0.25, 0.3) is 10.9 Å². The van der Waals surface area contributed by atoms with Crippen LogP contribution in [0.4, 0.5) is 8.78 Å². The van der Waals surface area contributed by atoms with E-state index >= 15 is 0 Å². The first-order valence-corrected chi connectivity index (χ1v) is 5.20. The summed E-state index contributed by atoms with van der Waals surface area (Å²) < 4.78 is 29.1. The Bertz CT molecular complexity index is 544. The first kappa shape index (κ1) is 11.1. The Hall–Kier alpha value is -1.42. The van der Waals surface area contributed by atoms with Gasteiger partial charge < -0.3 is 10.3 Å². The maximum atomic E-state index is 13.8. The molecule has 16 heavy (non-hydrogen) atoms. The van der Waals surface area contributed by atoms with Gasteiger partial charge in [-0.3, -0.25) is 0 Å². The Morgan fingerprint density at radius 2 is 1.94 bits per heavy atom. The topological polar surface area (TPSA) is 30.9 Å². The summed E-state index contributed by atoms with van der Waals surface area (Å²) in [4.78, 5) is 0. The first-order chi connectivity index (χ1) is 7.56. The van der Waals surface area contributed by atoms with Crippen LogP contribution in [0.15, 0.2) is 12.1 Å². The van der Waals surface area contributed by atoms with Crippen LogP contribution in [0.1, 0.15) is 11.3 Å². The molecule has 2 aromatic rings. The van der Waals surface area contributed by atoms with Crippen molar-refractivity contribution in [3.05, 3.63) is 35.0 Å². The molecule has 1 aromatic heterocycles. The third-order valence-electron chi connectivity index (χ3n) is 2.89. The average Bonchev–Trinajstić information content (AvgIpc) is 2.55. The minimum absolute atomic E-state index is 0.0670. The van der Waals surface area contributed by atoms with Crippen molar-refractivity contribution in [3.8, 4) is 0 Å². The van der Waals surface area contributed by atoms with E-state index in [1.807, 2.05) is 11.5 Å². The second-order valence-corrected chi connectivity index (χ2v) is 3.96. The minimum Gasteiger partial charge on any atom is -0.343 e. The zero-order valence-electron chi connectivity index (χ0n) is 9.35. The molecular formula is C12H14F2N2. The molecule has 0 amide bonds. The zero-order valence-corrected chi connectivity index (χ0v) is 9.35. The highest BCUT2D eigenvalue weighted by Gasteiger charge is 2.14. The third-order valence-corrected chi connectivity index (χ3v) is 2.89. The molecule has 2 nitrogen and oxygen atoms in total. The van der Waals surface area contributed by atoms with Gasteiger partial charge in [-0.05, 0) is 26.0 Å². The van der Waals surface area contributed by atoms with E-state index in [0.29, 0.717) is 24.0 Å². The second kappa shape index (κ2) is 3.87. The lowest BCUT2D eigenvalue weighted by Crippen LogP contribution is -2.10. The molecule has 2 N–H and O–H groups in total. The molecule has 1 heterocycles. The van der Waals surface area contributed by atoms with Crippen molar-refractivity contribution in [3.63, 3.8) is 0 Å². The quantitative estimate of drug-likeness (QED) is 0.834. The molecule has 2 rings (SSSR count). The fraction of sp³-hybridized carbons (Fsp3) is 0.333. The lowest BCUT2D eigenvalue weighted by atomic mass is 10.1. The fourth-order valence-electron chi connectivity index (χ4n) is 1.99. The van der Waals surface area contributed by atoms with E-state index in [4.69, 9.17) is 5.73 Å². The molecule has 0 bridgehead atoms. The van der Waals surface area contributed by atoms with Crippen LogP contribution < -0.4 is 5.73 Å². The van der Waals surface area contributed by atoms with Gasteiger partial charge >= 0.3 is 0 Å². The van der Waals surface area contributed by atoms with Crippen LogP contribution in [-0.4, -0.2) is 11.1 Å². The molecule has 1 aromatic carbocycles. The molecule has 0 aliphatic carbocycles. The molecule has 0 saturated carbocycles. The number of benzene rings is 1. The lowest BCUT2D eigenvalue weighted by molar-refractivity contribution is 0.575. The van der Waals surface area contributed by atoms with Crippen LogP contribution in [0.3, 0.4) is 0 Å². The van der Waals surface area contributed by atoms with Gasteiger partial charge in [0.05, 0.1) is 5.52 Å². The molecule has 0 radical (unpaired) electrons. The van der Waals surface area contributed by atoms with E-state index in [9.17, 15) is 8.78 Å². The molecule has 0 atom stereocenters. The predicted molar refractivity (Wildman–Crippen MR) is 60.4 cm³/mol. The maximum absolute atomic E-state index is 13.8. The number of aromatic nitrogens is 1. The Morgan fingerprint density at radius 3 is 2.56 bits per heavy atom. The first-order valence-electron chi connectivity index (χ1n) is 5.20. The van der Waals surface area contributed by atoms with Crippen LogP contribution in [0, 0.1) is 25.5 Å². The smallest absolute Gasteiger partial charge is 0.138 e. The largest absolute Gasteiger partial charge is 0.343 e. The molecule has 86 valence electrons. The van der Waals surface area contributed by atoms with Crippen molar-refractivity contribution in [1.29, 1.82) is 0 Å². The summed E-state index contributed by atoms with van der Waals surface area (Å²) >= 11 is 0. The summed E-state index contributed by atoms with van der Waals surface area (Å²) in [5, 5.41) is 0.463. The highest BCUT2D eigenvalue weighted by molar-refractivity contribution is 5.83. The van der Waals surface area contributed by atoms with Crippen molar-refractivity contribution >= 4 is 10.9 Å². The number of rotatable bonds is 2. The number of nitrogens with zero attached hydrogens (tertiary/aromatic N) is 1. The second-order valence-electron chi connectivity index (χ2n) is 3.96. The van der Waals surface area contributed by atoms with E-state index < -0.39 is 11.6 Å². The number of fused-ring (bicyclic) bond motifs is 1. The normalized spacial score (nSPS) is 11.3. The zero-order chi connectivity index (χ0) is 11.9. The molecule has 4 heteroatoms. The summed E-state index contributed by atoms with van der Waals surface area (Å²) in [7, 11) is 0. The van der Waals surface area contributed by atoms with Crippen molar-refractivity contribution in [2.45, 2.75) is 20.4 Å². The van der Waals surface area contributed by atoms with Crippen molar-refractivity contribution < 1.29 is 8.78 Å². The molecular weight excluding hydrogens is 210 g/mol. The lowest BCUT2D eigenvalue weighted by Gasteiger charge is -2.07. The van der Waals surface area contributed by atoms with Crippen LogP contribution in [-0.2, 0) is 6.54 Å². The van der Waals surface area contributed by atoms with E-state index in [1.54, 1.807) is 6.07 Å². The molecule has 0 fully saturated rings. The number of aryl methyl sites for hydroxylation is 1. The summed E-state index contributed by atoms with van der Waals surface area (Å²) in [6.07, 6.45) is 0. The Kier molecular flexibility index (Phi) is 2.68. The third kappa shape index (κ3) is 1.50. The Balaban J connectivity index is 2.80. The van der Waals surface area contributed by atoms with Crippen LogP contribution >= 0.6 is 0 Å². The van der Waals surface area contributed by atoms with E-state index in [-0.39, 0.29) is 5.56 Å². The van der Waals surface area contributed by atoms with Gasteiger partial charge in [-0.2, -0.15) is 0 Å². The number of nitrogens with two attached hydrogens (primary N) is 1. The Morgan fingerprint density at radius 1 is 1.25 bits per heavy atom. The van der Waals surface area contributed by atoms with Gasteiger partial charge in [-0.15, -0.1) is 0 Å². The SMILES string of the molecule is Cc1c(F)cc2c(cc(C)n2CCN)c1F. The summed E-state index contributed by atoms with van der Waals surface area (Å²) in [5.41, 5.74) is 7.01. The molecule has 0 aliphatic heterocycles. The summed E-state index contributed by atoms with van der Waals surface area (Å²) in [6, 6.07) is 3.10. The van der Waals surface area contributed by atoms with Gasteiger partial charge in [-0.1, -0.05) is 0 Å². The van der Waals surface area contributed by atoms with Gasteiger partial charge in [0.15, 0.2) is 0 Å². The van der Waals surface area contributed by atoms with Crippen molar-refractivity contribution in [2.75, 3.05) is 6.54 Å². The Labute approximate surface area is 92.7 Å². The predicted octanol–water partition coefficient (Wildman–Crippen LogP) is 2.50. The maximum Gasteiger partial charge on any atom is 0.138 e. The van der Waals surface area contributed by atoms with Crippen molar-refractivity contribution in [2.24, 2.45) is 5.73 Å². The van der Waals surface area contributed by atoms with Gasteiger partial charge in [0, 0.05) is 29.7 Å². The van der Waals surface area contributed by atoms with E-state index in [2.05, 4.69) is 0 Å².